The fourth-order valence-corrected chi connectivity index (χ4v) is 2.99. The molecule has 0 saturated heterocycles. The lowest BCUT2D eigenvalue weighted by atomic mass is 9.98. The van der Waals surface area contributed by atoms with Gasteiger partial charge in [0, 0.05) is 6.20 Å². The summed E-state index contributed by atoms with van der Waals surface area (Å²) in [5, 5.41) is 10.5. The van der Waals surface area contributed by atoms with Crippen LogP contribution in [0.5, 0.6) is 0 Å². The van der Waals surface area contributed by atoms with Crippen LogP contribution >= 0.6 is 0 Å². The Morgan fingerprint density at radius 3 is 2.65 bits per heavy atom. The minimum atomic E-state index is -0.735. The first-order chi connectivity index (χ1) is 12.4. The highest BCUT2D eigenvalue weighted by atomic mass is 16.3. The molecule has 0 radical (unpaired) electrons. The first-order valence-electron chi connectivity index (χ1n) is 8.45. The number of pyridine rings is 1. The number of rotatable bonds is 6. The van der Waals surface area contributed by atoms with Gasteiger partial charge in [0.05, 0.1) is 38.5 Å². The Morgan fingerprint density at radius 2 is 2.08 bits per heavy atom. The fourth-order valence-electron chi connectivity index (χ4n) is 2.99. The van der Waals surface area contributed by atoms with E-state index in [-0.39, 0.29) is 11.3 Å². The Bertz CT molecular complexity index is 855. The van der Waals surface area contributed by atoms with Gasteiger partial charge in [-0.3, -0.25) is 14.6 Å². The van der Waals surface area contributed by atoms with Crippen molar-refractivity contribution in [3.05, 3.63) is 65.1 Å². The first-order valence-corrected chi connectivity index (χ1v) is 8.45. The maximum absolute atomic E-state index is 13.0. The number of quaternary nitrogens is 1. The minimum Gasteiger partial charge on any atom is -0.503 e. The van der Waals surface area contributed by atoms with Gasteiger partial charge in [0.25, 0.3) is 5.91 Å². The highest BCUT2D eigenvalue weighted by molar-refractivity contribution is 6.14. The van der Waals surface area contributed by atoms with Crippen LogP contribution in [0.1, 0.15) is 28.1 Å². The summed E-state index contributed by atoms with van der Waals surface area (Å²) in [7, 11) is 3.95. The van der Waals surface area contributed by atoms with Gasteiger partial charge in [-0.2, -0.15) is 0 Å². The molecule has 0 saturated carbocycles. The number of hydrogen-bond acceptors (Lipinski definition) is 5. The Labute approximate surface area is 151 Å². The molecule has 1 atom stereocenters. The summed E-state index contributed by atoms with van der Waals surface area (Å²) in [5.41, 5.74) is 0.544. The highest BCUT2D eigenvalue weighted by Gasteiger charge is 2.45. The summed E-state index contributed by atoms with van der Waals surface area (Å²) in [6.45, 7) is 2.79. The van der Waals surface area contributed by atoms with E-state index in [0.717, 1.165) is 4.90 Å². The molecule has 1 aliphatic heterocycles. The number of carbonyl (C=O) groups excluding carboxylic acids is 2. The molecule has 2 N–H and O–H groups in total. The lowest BCUT2D eigenvalue weighted by Gasteiger charge is -2.26. The monoisotopic (exact) mass is 356 g/mol. The molecule has 26 heavy (non-hydrogen) atoms. The smallest absolute Gasteiger partial charge is 0.290 e. The van der Waals surface area contributed by atoms with Crippen molar-refractivity contribution in [2.45, 2.75) is 13.0 Å². The van der Waals surface area contributed by atoms with Gasteiger partial charge in [0.1, 0.15) is 11.8 Å². The van der Waals surface area contributed by atoms with E-state index in [2.05, 4.69) is 4.98 Å². The van der Waals surface area contributed by atoms with E-state index in [1.54, 1.807) is 43.5 Å². The summed E-state index contributed by atoms with van der Waals surface area (Å²) in [6.07, 6.45) is 1.60. The number of aryl methyl sites for hydroxylation is 1. The summed E-state index contributed by atoms with van der Waals surface area (Å²) >= 11 is 0. The van der Waals surface area contributed by atoms with Gasteiger partial charge in [0.15, 0.2) is 11.5 Å². The van der Waals surface area contributed by atoms with Crippen LogP contribution in [-0.4, -0.2) is 53.9 Å². The summed E-state index contributed by atoms with van der Waals surface area (Å²) < 4.78 is 5.41. The van der Waals surface area contributed by atoms with Crippen molar-refractivity contribution in [1.29, 1.82) is 0 Å². The van der Waals surface area contributed by atoms with Crippen molar-refractivity contribution in [3.63, 3.8) is 0 Å². The number of nitrogens with zero attached hydrogens (tertiary/aromatic N) is 2. The molecule has 136 valence electrons. The number of aliphatic hydroxyl groups is 1. The van der Waals surface area contributed by atoms with Crippen LogP contribution in [0.25, 0.3) is 0 Å². The maximum atomic E-state index is 13.0. The number of amides is 1. The van der Waals surface area contributed by atoms with Crippen LogP contribution in [0.3, 0.4) is 0 Å². The molecule has 0 unspecified atom stereocenters. The zero-order chi connectivity index (χ0) is 18.8. The zero-order valence-corrected chi connectivity index (χ0v) is 15.0. The maximum Gasteiger partial charge on any atom is 0.290 e. The third kappa shape index (κ3) is 3.25. The molecule has 3 heterocycles. The normalized spacial score (nSPS) is 17.5. The summed E-state index contributed by atoms with van der Waals surface area (Å²) in [6, 6.07) is 7.77. The SMILES string of the molecule is Cc1ccc(C(=O)C2=C(O)C(=O)N(CC[NH+](C)C)[C@H]2c2ccccn2)o1. The van der Waals surface area contributed by atoms with E-state index in [1.807, 2.05) is 14.1 Å². The topological polar surface area (TPSA) is 88.1 Å². The molecular formula is C19H22N3O4+. The molecule has 0 bridgehead atoms. The first kappa shape index (κ1) is 17.9. The number of ketones is 1. The van der Waals surface area contributed by atoms with Crippen molar-refractivity contribution < 1.29 is 24.0 Å². The molecule has 0 fully saturated rings. The van der Waals surface area contributed by atoms with E-state index in [4.69, 9.17) is 4.42 Å². The van der Waals surface area contributed by atoms with Crippen molar-refractivity contribution in [2.75, 3.05) is 27.2 Å². The Balaban J connectivity index is 2.04. The van der Waals surface area contributed by atoms with Crippen molar-refractivity contribution in [3.8, 4) is 0 Å². The molecule has 0 aliphatic carbocycles. The lowest BCUT2D eigenvalue weighted by Crippen LogP contribution is -3.06. The predicted molar refractivity (Wildman–Crippen MR) is 93.8 cm³/mol. The third-order valence-electron chi connectivity index (χ3n) is 4.33. The Kier molecular flexibility index (Phi) is 4.90. The van der Waals surface area contributed by atoms with Gasteiger partial charge in [-0.05, 0) is 31.2 Å². The lowest BCUT2D eigenvalue weighted by molar-refractivity contribution is -0.857. The van der Waals surface area contributed by atoms with E-state index in [0.29, 0.717) is 24.5 Å². The standard InChI is InChI=1S/C19H21N3O4/c1-12-7-8-14(26-12)17(23)15-16(13-6-4-5-9-20-13)22(11-10-21(2)3)19(25)18(15)24/h4-9,16,24H,10-11H2,1-3H3/p+1/t16-/m0/s1. The molecule has 3 rings (SSSR count). The molecule has 0 spiro atoms. The molecule has 0 aromatic carbocycles. The quantitative estimate of drug-likeness (QED) is 0.744. The van der Waals surface area contributed by atoms with E-state index < -0.39 is 23.5 Å². The number of hydrogen-bond donors (Lipinski definition) is 2. The largest absolute Gasteiger partial charge is 0.503 e. The van der Waals surface area contributed by atoms with E-state index in [1.165, 1.54) is 4.90 Å². The van der Waals surface area contributed by atoms with Gasteiger partial charge in [0.2, 0.25) is 5.78 Å². The number of aromatic nitrogens is 1. The van der Waals surface area contributed by atoms with Gasteiger partial charge in [-0.15, -0.1) is 0 Å². The van der Waals surface area contributed by atoms with Crippen LogP contribution in [0.2, 0.25) is 0 Å². The number of likely N-dealkylation sites (N-methyl/N-ethyl adjacent to an activating group) is 1. The average molecular weight is 356 g/mol. The second-order valence-electron chi connectivity index (χ2n) is 6.61. The van der Waals surface area contributed by atoms with E-state index >= 15 is 0 Å². The third-order valence-corrected chi connectivity index (χ3v) is 4.33. The number of carbonyl (C=O) groups is 2. The average Bonchev–Trinajstić information content (AvgIpc) is 3.16. The molecule has 1 amide bonds. The van der Waals surface area contributed by atoms with Gasteiger partial charge >= 0.3 is 0 Å². The molecule has 1 aliphatic rings. The Morgan fingerprint density at radius 1 is 1.31 bits per heavy atom. The van der Waals surface area contributed by atoms with Gasteiger partial charge < -0.3 is 19.3 Å². The highest BCUT2D eigenvalue weighted by Crippen LogP contribution is 2.37. The van der Waals surface area contributed by atoms with Crippen LogP contribution in [0.4, 0.5) is 0 Å². The van der Waals surface area contributed by atoms with E-state index in [9.17, 15) is 14.7 Å². The number of Topliss-reactive ketones (excluding diaryl/α,β-unsaturated/α-hetero) is 1. The molecule has 7 nitrogen and oxygen atoms in total. The van der Waals surface area contributed by atoms with Crippen molar-refractivity contribution >= 4 is 11.7 Å². The van der Waals surface area contributed by atoms with Crippen molar-refractivity contribution in [2.24, 2.45) is 0 Å². The number of furan rings is 1. The minimum absolute atomic E-state index is 0.0109. The predicted octanol–water partition coefficient (Wildman–Crippen LogP) is 0.706. The van der Waals surface area contributed by atoms with Crippen LogP contribution in [-0.2, 0) is 4.79 Å². The number of nitrogens with one attached hydrogen (secondary N) is 1. The summed E-state index contributed by atoms with van der Waals surface area (Å²) in [4.78, 5) is 32.6. The van der Waals surface area contributed by atoms with Gasteiger partial charge in [-0.1, -0.05) is 6.07 Å². The Hall–Kier alpha value is -2.93. The zero-order valence-electron chi connectivity index (χ0n) is 15.0. The second kappa shape index (κ2) is 7.13. The van der Waals surface area contributed by atoms with Crippen LogP contribution in [0.15, 0.2) is 52.3 Å². The van der Waals surface area contributed by atoms with Crippen LogP contribution in [0, 0.1) is 6.92 Å². The molecule has 2 aromatic rings. The fraction of sp³-hybridized carbons (Fsp3) is 0.316. The summed E-state index contributed by atoms with van der Waals surface area (Å²) in [5.74, 6) is -0.917. The molecular weight excluding hydrogens is 334 g/mol. The molecule has 7 heteroatoms. The van der Waals surface area contributed by atoms with Crippen molar-refractivity contribution in [1.82, 2.24) is 9.88 Å². The molecule has 2 aromatic heterocycles. The second-order valence-corrected chi connectivity index (χ2v) is 6.61. The number of aliphatic hydroxyl groups excluding tert-OH is 1. The van der Waals surface area contributed by atoms with Gasteiger partial charge in [-0.25, -0.2) is 0 Å². The van der Waals surface area contributed by atoms with Crippen LogP contribution < -0.4 is 4.90 Å².